The Labute approximate surface area is 176 Å². The van der Waals surface area contributed by atoms with E-state index in [0.717, 1.165) is 10.0 Å². The SMILES string of the molecule is Cc1ccc(C(=O)Oc2ccc(Br)cc2/C=N\NC(=O)c2ccc(O)cc2)cc1. The third-order valence-electron chi connectivity index (χ3n) is 3.96. The molecule has 3 rings (SSSR count). The zero-order valence-electron chi connectivity index (χ0n) is 15.4. The Morgan fingerprint density at radius 3 is 2.34 bits per heavy atom. The van der Waals surface area contributed by atoms with Crippen LogP contribution in [0.5, 0.6) is 11.5 Å². The third kappa shape index (κ3) is 5.52. The Bertz CT molecular complexity index is 1060. The number of carbonyl (C=O) groups is 2. The Kier molecular flexibility index (Phi) is 6.41. The Morgan fingerprint density at radius 1 is 1.00 bits per heavy atom. The smallest absolute Gasteiger partial charge is 0.343 e. The van der Waals surface area contributed by atoms with Gasteiger partial charge in [0, 0.05) is 15.6 Å². The van der Waals surface area contributed by atoms with E-state index >= 15 is 0 Å². The summed E-state index contributed by atoms with van der Waals surface area (Å²) < 4.78 is 6.25. The third-order valence-corrected chi connectivity index (χ3v) is 4.45. The van der Waals surface area contributed by atoms with Crippen LogP contribution in [0, 0.1) is 6.92 Å². The molecule has 0 bridgehead atoms. The first kappa shape index (κ1) is 20.3. The first-order chi connectivity index (χ1) is 13.9. The van der Waals surface area contributed by atoms with E-state index in [2.05, 4.69) is 26.5 Å². The number of halogens is 1. The number of amides is 1. The molecule has 0 radical (unpaired) electrons. The van der Waals surface area contributed by atoms with E-state index in [1.807, 2.05) is 19.1 Å². The lowest BCUT2D eigenvalue weighted by Gasteiger charge is -2.08. The van der Waals surface area contributed by atoms with Gasteiger partial charge in [0.15, 0.2) is 0 Å². The summed E-state index contributed by atoms with van der Waals surface area (Å²) in [5, 5.41) is 13.2. The van der Waals surface area contributed by atoms with Crippen LogP contribution < -0.4 is 10.2 Å². The number of nitrogens with zero attached hydrogens (tertiary/aromatic N) is 1. The second-order valence-corrected chi connectivity index (χ2v) is 7.10. The molecule has 0 aromatic heterocycles. The molecule has 7 heteroatoms. The summed E-state index contributed by atoms with van der Waals surface area (Å²) in [5.41, 5.74) is 4.73. The van der Waals surface area contributed by atoms with Crippen molar-refractivity contribution in [1.29, 1.82) is 0 Å². The minimum atomic E-state index is -0.491. The van der Waals surface area contributed by atoms with Gasteiger partial charge in [-0.3, -0.25) is 4.79 Å². The molecule has 2 N–H and O–H groups in total. The highest BCUT2D eigenvalue weighted by Gasteiger charge is 2.12. The molecule has 146 valence electrons. The molecular formula is C22H17BrN2O4. The molecule has 0 atom stereocenters. The highest BCUT2D eigenvalue weighted by atomic mass is 79.9. The Balaban J connectivity index is 1.73. The molecule has 6 nitrogen and oxygen atoms in total. The molecule has 1 amide bonds. The van der Waals surface area contributed by atoms with Gasteiger partial charge in [-0.25, -0.2) is 10.2 Å². The molecule has 0 saturated carbocycles. The Hall–Kier alpha value is -3.45. The number of hydrogen-bond acceptors (Lipinski definition) is 5. The zero-order chi connectivity index (χ0) is 20.8. The predicted molar refractivity (Wildman–Crippen MR) is 113 cm³/mol. The molecule has 0 aliphatic heterocycles. The summed E-state index contributed by atoms with van der Waals surface area (Å²) in [4.78, 5) is 24.5. The van der Waals surface area contributed by atoms with E-state index in [1.165, 1.54) is 30.5 Å². The number of rotatable bonds is 5. The van der Waals surface area contributed by atoms with Crippen molar-refractivity contribution in [2.45, 2.75) is 6.92 Å². The normalized spacial score (nSPS) is 10.7. The maximum atomic E-state index is 12.4. The predicted octanol–water partition coefficient (Wildman–Crippen LogP) is 4.45. The number of aromatic hydroxyl groups is 1. The maximum Gasteiger partial charge on any atom is 0.343 e. The summed E-state index contributed by atoms with van der Waals surface area (Å²) in [6.07, 6.45) is 1.39. The average molecular weight is 453 g/mol. The lowest BCUT2D eigenvalue weighted by molar-refractivity contribution is 0.0734. The molecule has 0 fully saturated rings. The highest BCUT2D eigenvalue weighted by molar-refractivity contribution is 9.10. The van der Waals surface area contributed by atoms with Gasteiger partial charge in [0.05, 0.1) is 11.8 Å². The molecule has 3 aromatic carbocycles. The zero-order valence-corrected chi connectivity index (χ0v) is 17.0. The number of esters is 1. The van der Waals surface area contributed by atoms with Crippen LogP contribution in [-0.4, -0.2) is 23.2 Å². The van der Waals surface area contributed by atoms with E-state index in [4.69, 9.17) is 4.74 Å². The van der Waals surface area contributed by atoms with Gasteiger partial charge in [0.2, 0.25) is 0 Å². The number of hydrazone groups is 1. The molecule has 0 aliphatic carbocycles. The van der Waals surface area contributed by atoms with E-state index in [-0.39, 0.29) is 5.75 Å². The van der Waals surface area contributed by atoms with Crippen LogP contribution in [0.4, 0.5) is 0 Å². The van der Waals surface area contributed by atoms with Gasteiger partial charge >= 0.3 is 5.97 Å². The van der Waals surface area contributed by atoms with Crippen LogP contribution >= 0.6 is 15.9 Å². The summed E-state index contributed by atoms with van der Waals surface area (Å²) in [5.74, 6) is -0.551. The molecule has 3 aromatic rings. The molecule has 0 heterocycles. The molecule has 0 spiro atoms. The fourth-order valence-electron chi connectivity index (χ4n) is 2.40. The first-order valence-corrected chi connectivity index (χ1v) is 9.42. The Morgan fingerprint density at radius 2 is 1.66 bits per heavy atom. The van der Waals surface area contributed by atoms with Gasteiger partial charge in [0.1, 0.15) is 11.5 Å². The van der Waals surface area contributed by atoms with Crippen LogP contribution in [0.2, 0.25) is 0 Å². The van der Waals surface area contributed by atoms with Crippen LogP contribution in [-0.2, 0) is 0 Å². The van der Waals surface area contributed by atoms with Crippen LogP contribution in [0.25, 0.3) is 0 Å². The quantitative estimate of drug-likeness (QED) is 0.259. The van der Waals surface area contributed by atoms with Gasteiger partial charge < -0.3 is 9.84 Å². The molecular weight excluding hydrogens is 436 g/mol. The number of carbonyl (C=O) groups excluding carboxylic acids is 2. The molecule has 0 aliphatic rings. The van der Waals surface area contributed by atoms with Crippen LogP contribution in [0.1, 0.15) is 31.8 Å². The number of phenols is 1. The number of phenolic OH excluding ortho intramolecular Hbond substituents is 1. The second kappa shape index (κ2) is 9.16. The van der Waals surface area contributed by atoms with Gasteiger partial charge in [-0.2, -0.15) is 5.10 Å². The van der Waals surface area contributed by atoms with E-state index in [0.29, 0.717) is 22.4 Å². The van der Waals surface area contributed by atoms with Gasteiger partial charge in [-0.05, 0) is 61.5 Å². The second-order valence-electron chi connectivity index (χ2n) is 6.18. The van der Waals surface area contributed by atoms with Gasteiger partial charge in [-0.15, -0.1) is 0 Å². The summed E-state index contributed by atoms with van der Waals surface area (Å²) in [6, 6.07) is 17.9. The van der Waals surface area contributed by atoms with Crippen molar-refractivity contribution in [2.75, 3.05) is 0 Å². The minimum absolute atomic E-state index is 0.0687. The van der Waals surface area contributed by atoms with Crippen molar-refractivity contribution in [3.05, 3.63) is 93.5 Å². The maximum absolute atomic E-state index is 12.4. The lowest BCUT2D eigenvalue weighted by atomic mass is 10.1. The van der Waals surface area contributed by atoms with Crippen LogP contribution in [0.3, 0.4) is 0 Å². The number of aryl methyl sites for hydroxylation is 1. The molecule has 0 saturated heterocycles. The van der Waals surface area contributed by atoms with Crippen molar-refractivity contribution in [1.82, 2.24) is 5.43 Å². The van der Waals surface area contributed by atoms with E-state index in [9.17, 15) is 14.7 Å². The first-order valence-electron chi connectivity index (χ1n) is 8.63. The monoisotopic (exact) mass is 452 g/mol. The van der Waals surface area contributed by atoms with Crippen molar-refractivity contribution >= 4 is 34.0 Å². The topological polar surface area (TPSA) is 88.0 Å². The minimum Gasteiger partial charge on any atom is -0.508 e. The van der Waals surface area contributed by atoms with Gasteiger partial charge in [0.25, 0.3) is 5.91 Å². The van der Waals surface area contributed by atoms with Gasteiger partial charge in [-0.1, -0.05) is 33.6 Å². The number of benzene rings is 3. The average Bonchev–Trinajstić information content (AvgIpc) is 2.70. The summed E-state index contributed by atoms with van der Waals surface area (Å²) in [7, 11) is 0. The molecule has 29 heavy (non-hydrogen) atoms. The number of ether oxygens (including phenoxy) is 1. The lowest BCUT2D eigenvalue weighted by Crippen LogP contribution is -2.17. The number of nitrogens with one attached hydrogen (secondary N) is 1. The van der Waals surface area contributed by atoms with Crippen molar-refractivity contribution in [3.63, 3.8) is 0 Å². The van der Waals surface area contributed by atoms with E-state index < -0.39 is 11.9 Å². The highest BCUT2D eigenvalue weighted by Crippen LogP contribution is 2.23. The number of hydrogen-bond donors (Lipinski definition) is 2. The summed E-state index contributed by atoms with van der Waals surface area (Å²) in [6.45, 7) is 1.94. The standard InChI is InChI=1S/C22H17BrN2O4/c1-14-2-4-16(5-3-14)22(28)29-20-11-8-18(23)12-17(20)13-24-25-21(27)15-6-9-19(26)10-7-15/h2-13,26H,1H3,(H,25,27)/b24-13-. The largest absolute Gasteiger partial charge is 0.508 e. The van der Waals surface area contributed by atoms with Crippen LogP contribution in [0.15, 0.2) is 76.3 Å². The van der Waals surface area contributed by atoms with Crippen molar-refractivity contribution in [3.8, 4) is 11.5 Å². The van der Waals surface area contributed by atoms with Crippen molar-refractivity contribution < 1.29 is 19.4 Å². The fraction of sp³-hybridized carbons (Fsp3) is 0.0455. The summed E-state index contributed by atoms with van der Waals surface area (Å²) >= 11 is 3.37. The fourth-order valence-corrected chi connectivity index (χ4v) is 2.78. The van der Waals surface area contributed by atoms with E-state index in [1.54, 1.807) is 30.3 Å². The van der Waals surface area contributed by atoms with Crippen molar-refractivity contribution in [2.24, 2.45) is 5.10 Å². The molecule has 0 unspecified atom stereocenters.